The summed E-state index contributed by atoms with van der Waals surface area (Å²) < 4.78 is 1.15. The Morgan fingerprint density at radius 2 is 2.06 bits per heavy atom. The second-order valence-electron chi connectivity index (χ2n) is 3.92. The molecule has 2 aromatic rings. The number of hydrogen-bond donors (Lipinski definition) is 2. The fraction of sp³-hybridized carbons (Fsp3) is 0.231. The van der Waals surface area contributed by atoms with Gasteiger partial charge < -0.3 is 11.1 Å². The van der Waals surface area contributed by atoms with Gasteiger partial charge >= 0.3 is 0 Å². The van der Waals surface area contributed by atoms with Gasteiger partial charge in [0.05, 0.1) is 6.54 Å². The first-order valence-corrected chi connectivity index (χ1v) is 6.56. The van der Waals surface area contributed by atoms with Crippen LogP contribution in [0.1, 0.15) is 11.4 Å². The van der Waals surface area contributed by atoms with Crippen LogP contribution in [0.3, 0.4) is 0 Å². The van der Waals surface area contributed by atoms with E-state index in [1.807, 2.05) is 12.1 Å². The zero-order valence-corrected chi connectivity index (χ0v) is 11.5. The number of aromatic nitrogens is 2. The summed E-state index contributed by atoms with van der Waals surface area (Å²) >= 11 is 3.53. The Morgan fingerprint density at radius 3 is 2.83 bits per heavy atom. The van der Waals surface area contributed by atoms with E-state index in [1.54, 1.807) is 12.3 Å². The van der Waals surface area contributed by atoms with Gasteiger partial charge in [0, 0.05) is 10.7 Å². The molecule has 3 N–H and O–H groups in total. The minimum atomic E-state index is 0.507. The predicted molar refractivity (Wildman–Crippen MR) is 76.0 cm³/mol. The molecule has 2 rings (SSSR count). The average molecular weight is 307 g/mol. The summed E-state index contributed by atoms with van der Waals surface area (Å²) in [5, 5.41) is 3.30. The van der Waals surface area contributed by atoms with E-state index in [2.05, 4.69) is 43.3 Å². The Bertz CT molecular complexity index is 516. The molecule has 0 atom stereocenters. The Morgan fingerprint density at radius 1 is 1.22 bits per heavy atom. The fourth-order valence-electron chi connectivity index (χ4n) is 1.62. The van der Waals surface area contributed by atoms with Crippen molar-refractivity contribution >= 4 is 21.7 Å². The number of anilines is 1. The summed E-state index contributed by atoms with van der Waals surface area (Å²) in [7, 11) is 0. The molecule has 0 spiro atoms. The van der Waals surface area contributed by atoms with Crippen molar-refractivity contribution in [3.05, 3.63) is 52.4 Å². The molecule has 5 heteroatoms. The lowest BCUT2D eigenvalue weighted by Gasteiger charge is -2.06. The quantitative estimate of drug-likeness (QED) is 0.831. The standard InChI is InChI=1S/C13H15BrN4/c14-11-4-2-1-3-10(11)5-7-16-9-13-17-8-6-12(15)18-13/h1-4,6,8,16H,5,7,9H2,(H2,15,17,18). The smallest absolute Gasteiger partial charge is 0.144 e. The van der Waals surface area contributed by atoms with Crippen LogP contribution >= 0.6 is 15.9 Å². The third kappa shape index (κ3) is 3.78. The summed E-state index contributed by atoms with van der Waals surface area (Å²) in [6.45, 7) is 1.51. The highest BCUT2D eigenvalue weighted by Gasteiger charge is 1.99. The largest absolute Gasteiger partial charge is 0.384 e. The molecule has 18 heavy (non-hydrogen) atoms. The number of halogens is 1. The van der Waals surface area contributed by atoms with E-state index in [-0.39, 0.29) is 0 Å². The summed E-state index contributed by atoms with van der Waals surface area (Å²) in [6.07, 6.45) is 2.64. The van der Waals surface area contributed by atoms with Crippen molar-refractivity contribution in [3.63, 3.8) is 0 Å². The summed E-state index contributed by atoms with van der Waals surface area (Å²) in [4.78, 5) is 8.27. The SMILES string of the molecule is Nc1ccnc(CNCCc2ccccc2Br)n1. The van der Waals surface area contributed by atoms with Gasteiger partial charge in [0.2, 0.25) is 0 Å². The lowest BCUT2D eigenvalue weighted by Crippen LogP contribution is -2.18. The van der Waals surface area contributed by atoms with Crippen LogP contribution in [0.5, 0.6) is 0 Å². The van der Waals surface area contributed by atoms with E-state index >= 15 is 0 Å². The third-order valence-corrected chi connectivity index (χ3v) is 3.31. The van der Waals surface area contributed by atoms with Gasteiger partial charge in [-0.3, -0.25) is 0 Å². The molecule has 0 saturated heterocycles. The highest BCUT2D eigenvalue weighted by Crippen LogP contribution is 2.15. The van der Waals surface area contributed by atoms with Crippen molar-refractivity contribution < 1.29 is 0 Å². The normalized spacial score (nSPS) is 10.5. The number of benzene rings is 1. The molecule has 0 aliphatic carbocycles. The number of nitrogens with zero attached hydrogens (tertiary/aromatic N) is 2. The molecule has 0 aliphatic heterocycles. The van der Waals surface area contributed by atoms with Crippen LogP contribution in [-0.4, -0.2) is 16.5 Å². The molecule has 1 aromatic heterocycles. The molecular weight excluding hydrogens is 292 g/mol. The summed E-state index contributed by atoms with van der Waals surface area (Å²) in [6, 6.07) is 9.91. The van der Waals surface area contributed by atoms with E-state index in [1.165, 1.54) is 5.56 Å². The van der Waals surface area contributed by atoms with E-state index in [0.29, 0.717) is 12.4 Å². The average Bonchev–Trinajstić information content (AvgIpc) is 2.37. The molecule has 0 radical (unpaired) electrons. The van der Waals surface area contributed by atoms with Gasteiger partial charge in [0.15, 0.2) is 0 Å². The topological polar surface area (TPSA) is 63.8 Å². The minimum Gasteiger partial charge on any atom is -0.384 e. The van der Waals surface area contributed by atoms with Crippen LogP contribution in [0.15, 0.2) is 41.0 Å². The molecule has 94 valence electrons. The monoisotopic (exact) mass is 306 g/mol. The number of nitrogen functional groups attached to an aromatic ring is 1. The first kappa shape index (κ1) is 13.0. The third-order valence-electron chi connectivity index (χ3n) is 2.54. The van der Waals surface area contributed by atoms with Gasteiger partial charge in [-0.25, -0.2) is 9.97 Å². The zero-order valence-electron chi connectivity index (χ0n) is 9.94. The van der Waals surface area contributed by atoms with Crippen molar-refractivity contribution in [1.82, 2.24) is 15.3 Å². The van der Waals surface area contributed by atoms with E-state index < -0.39 is 0 Å². The molecule has 0 saturated carbocycles. The molecule has 0 fully saturated rings. The summed E-state index contributed by atoms with van der Waals surface area (Å²) in [5.74, 6) is 1.23. The van der Waals surface area contributed by atoms with Gasteiger partial charge in [0.1, 0.15) is 11.6 Å². The Kier molecular flexibility index (Phi) is 4.66. The number of rotatable bonds is 5. The zero-order chi connectivity index (χ0) is 12.8. The fourth-order valence-corrected chi connectivity index (χ4v) is 2.11. The first-order valence-electron chi connectivity index (χ1n) is 5.77. The van der Waals surface area contributed by atoms with Crippen LogP contribution in [0.4, 0.5) is 5.82 Å². The molecule has 1 heterocycles. The molecule has 4 nitrogen and oxygen atoms in total. The van der Waals surface area contributed by atoms with Crippen LogP contribution in [0, 0.1) is 0 Å². The Hall–Kier alpha value is -1.46. The van der Waals surface area contributed by atoms with Crippen LogP contribution in [-0.2, 0) is 13.0 Å². The van der Waals surface area contributed by atoms with Gasteiger partial charge in [0.25, 0.3) is 0 Å². The minimum absolute atomic E-state index is 0.507. The lowest BCUT2D eigenvalue weighted by molar-refractivity contribution is 0.659. The number of nitrogens with one attached hydrogen (secondary N) is 1. The lowest BCUT2D eigenvalue weighted by atomic mass is 10.1. The van der Waals surface area contributed by atoms with Crippen LogP contribution in [0.2, 0.25) is 0 Å². The predicted octanol–water partition coefficient (Wildman–Crippen LogP) is 2.15. The number of hydrogen-bond acceptors (Lipinski definition) is 4. The highest BCUT2D eigenvalue weighted by molar-refractivity contribution is 9.10. The van der Waals surface area contributed by atoms with E-state index in [4.69, 9.17) is 5.73 Å². The van der Waals surface area contributed by atoms with Crippen molar-refractivity contribution in [2.24, 2.45) is 0 Å². The van der Waals surface area contributed by atoms with Gasteiger partial charge in [-0.1, -0.05) is 34.1 Å². The maximum atomic E-state index is 5.59. The molecule has 1 aromatic carbocycles. The molecular formula is C13H15BrN4. The highest BCUT2D eigenvalue weighted by atomic mass is 79.9. The second-order valence-corrected chi connectivity index (χ2v) is 4.77. The van der Waals surface area contributed by atoms with Crippen molar-refractivity contribution in [3.8, 4) is 0 Å². The van der Waals surface area contributed by atoms with Crippen LogP contribution in [0.25, 0.3) is 0 Å². The second kappa shape index (κ2) is 6.47. The molecule has 0 bridgehead atoms. The number of nitrogens with two attached hydrogens (primary N) is 1. The van der Waals surface area contributed by atoms with Crippen LogP contribution < -0.4 is 11.1 Å². The van der Waals surface area contributed by atoms with Crippen molar-refractivity contribution in [1.29, 1.82) is 0 Å². The first-order chi connectivity index (χ1) is 8.75. The van der Waals surface area contributed by atoms with Gasteiger partial charge in [-0.2, -0.15) is 0 Å². The Labute approximate surface area is 115 Å². The maximum Gasteiger partial charge on any atom is 0.144 e. The van der Waals surface area contributed by atoms with Gasteiger partial charge in [-0.05, 0) is 30.7 Å². The molecule has 0 amide bonds. The Balaban J connectivity index is 1.78. The maximum absolute atomic E-state index is 5.59. The molecule has 0 aliphatic rings. The van der Waals surface area contributed by atoms with E-state index in [0.717, 1.165) is 23.3 Å². The van der Waals surface area contributed by atoms with Crippen molar-refractivity contribution in [2.75, 3.05) is 12.3 Å². The van der Waals surface area contributed by atoms with Gasteiger partial charge in [-0.15, -0.1) is 0 Å². The van der Waals surface area contributed by atoms with Crippen molar-refractivity contribution in [2.45, 2.75) is 13.0 Å². The summed E-state index contributed by atoms with van der Waals surface area (Å²) in [5.41, 5.74) is 6.88. The van der Waals surface area contributed by atoms with E-state index in [9.17, 15) is 0 Å². The molecule has 0 unspecified atom stereocenters.